The van der Waals surface area contributed by atoms with Gasteiger partial charge in [-0.05, 0) is 37.5 Å². The fourth-order valence-electron chi connectivity index (χ4n) is 2.58. The second kappa shape index (κ2) is 6.06. The van der Waals surface area contributed by atoms with Gasteiger partial charge in [-0.2, -0.15) is 0 Å². The molecule has 4 heteroatoms. The van der Waals surface area contributed by atoms with Crippen molar-refractivity contribution in [2.75, 3.05) is 6.54 Å². The van der Waals surface area contributed by atoms with Crippen molar-refractivity contribution in [1.29, 1.82) is 0 Å². The van der Waals surface area contributed by atoms with Crippen LogP contribution in [-0.4, -0.2) is 23.4 Å². The molecule has 0 saturated carbocycles. The normalized spacial score (nSPS) is 22.3. The van der Waals surface area contributed by atoms with Crippen LogP contribution in [0.2, 0.25) is 0 Å². The lowest BCUT2D eigenvalue weighted by Gasteiger charge is -2.29. The van der Waals surface area contributed by atoms with E-state index in [1.165, 1.54) is 5.56 Å². The van der Waals surface area contributed by atoms with Crippen molar-refractivity contribution in [3.8, 4) is 0 Å². The molecule has 0 aromatic heterocycles. The molecule has 19 heavy (non-hydrogen) atoms. The van der Waals surface area contributed by atoms with Crippen molar-refractivity contribution in [1.82, 2.24) is 4.90 Å². The molecular formula is C15H21BrN2O. The largest absolute Gasteiger partial charge is 0.335 e. The Labute approximate surface area is 123 Å². The number of carbonyl (C=O) groups excluding carboxylic acids is 1. The predicted molar refractivity (Wildman–Crippen MR) is 80.6 cm³/mol. The highest BCUT2D eigenvalue weighted by molar-refractivity contribution is 9.10. The highest BCUT2D eigenvalue weighted by Gasteiger charge is 2.33. The number of likely N-dealkylation sites (tertiary alicyclic amines) is 1. The van der Waals surface area contributed by atoms with E-state index in [1.54, 1.807) is 0 Å². The Balaban J connectivity index is 2.19. The third kappa shape index (κ3) is 3.18. The van der Waals surface area contributed by atoms with Crippen LogP contribution in [0.1, 0.15) is 38.3 Å². The first kappa shape index (κ1) is 14.5. The van der Waals surface area contributed by atoms with Gasteiger partial charge in [0.2, 0.25) is 5.91 Å². The van der Waals surface area contributed by atoms with Gasteiger partial charge in [0.05, 0.1) is 12.0 Å². The maximum Gasteiger partial charge on any atom is 0.227 e. The number of nitrogens with two attached hydrogens (primary N) is 1. The monoisotopic (exact) mass is 324 g/mol. The van der Waals surface area contributed by atoms with Crippen molar-refractivity contribution in [3.63, 3.8) is 0 Å². The van der Waals surface area contributed by atoms with Crippen LogP contribution in [0.15, 0.2) is 28.7 Å². The molecule has 1 heterocycles. The summed E-state index contributed by atoms with van der Waals surface area (Å²) >= 11 is 3.49. The van der Waals surface area contributed by atoms with Crippen molar-refractivity contribution >= 4 is 21.8 Å². The lowest BCUT2D eigenvalue weighted by Crippen LogP contribution is -2.41. The molecule has 1 amide bonds. The second-order valence-corrected chi connectivity index (χ2v) is 6.31. The fourth-order valence-corrected chi connectivity index (χ4v) is 2.99. The van der Waals surface area contributed by atoms with E-state index in [9.17, 15) is 4.79 Å². The Hall–Kier alpha value is -0.870. The van der Waals surface area contributed by atoms with Crippen molar-refractivity contribution in [2.45, 2.75) is 38.8 Å². The Morgan fingerprint density at radius 1 is 1.47 bits per heavy atom. The van der Waals surface area contributed by atoms with Gasteiger partial charge < -0.3 is 10.6 Å². The van der Waals surface area contributed by atoms with Gasteiger partial charge in [-0.3, -0.25) is 4.79 Å². The number of hydrogen-bond donors (Lipinski definition) is 1. The number of nitrogens with zero attached hydrogens (tertiary/aromatic N) is 1. The van der Waals surface area contributed by atoms with Crippen LogP contribution in [0.3, 0.4) is 0 Å². The fraction of sp³-hybridized carbons (Fsp3) is 0.533. The van der Waals surface area contributed by atoms with Crippen LogP contribution in [0.25, 0.3) is 0 Å². The third-order valence-corrected chi connectivity index (χ3v) is 4.44. The molecule has 2 N–H and O–H groups in total. The van der Waals surface area contributed by atoms with Crippen molar-refractivity contribution in [2.24, 2.45) is 11.7 Å². The van der Waals surface area contributed by atoms with Crippen LogP contribution in [-0.2, 0) is 4.79 Å². The van der Waals surface area contributed by atoms with Gasteiger partial charge in [0.25, 0.3) is 0 Å². The van der Waals surface area contributed by atoms with E-state index in [0.717, 1.165) is 23.9 Å². The lowest BCUT2D eigenvalue weighted by molar-refractivity contribution is -0.136. The zero-order chi connectivity index (χ0) is 14.0. The molecule has 104 valence electrons. The summed E-state index contributed by atoms with van der Waals surface area (Å²) < 4.78 is 1.06. The van der Waals surface area contributed by atoms with Crippen molar-refractivity contribution in [3.05, 3.63) is 34.3 Å². The zero-order valence-corrected chi connectivity index (χ0v) is 13.1. The molecule has 1 aliphatic rings. The minimum atomic E-state index is -0.118. The number of amides is 1. The van der Waals surface area contributed by atoms with Gasteiger partial charge in [0, 0.05) is 17.1 Å². The average Bonchev–Trinajstić information content (AvgIpc) is 2.86. The standard InChI is InChI=1S/C15H21BrN2O/c1-10(11(2)17)15(19)18-8-4-7-14(18)12-5-3-6-13(16)9-12/h3,5-6,9-11,14H,4,7-8,17H2,1-2H3. The van der Waals surface area contributed by atoms with Crippen LogP contribution in [0.4, 0.5) is 0 Å². The molecule has 1 saturated heterocycles. The van der Waals surface area contributed by atoms with Crippen LogP contribution >= 0.6 is 15.9 Å². The Kier molecular flexibility index (Phi) is 4.63. The van der Waals surface area contributed by atoms with Crippen LogP contribution in [0, 0.1) is 5.92 Å². The smallest absolute Gasteiger partial charge is 0.227 e. The minimum Gasteiger partial charge on any atom is -0.335 e. The van der Waals surface area contributed by atoms with Gasteiger partial charge in [-0.15, -0.1) is 0 Å². The Morgan fingerprint density at radius 2 is 2.21 bits per heavy atom. The number of benzene rings is 1. The maximum atomic E-state index is 12.5. The first-order valence-electron chi connectivity index (χ1n) is 6.82. The van der Waals surface area contributed by atoms with Gasteiger partial charge in [0.15, 0.2) is 0 Å². The molecule has 3 nitrogen and oxygen atoms in total. The average molecular weight is 325 g/mol. The maximum absolute atomic E-state index is 12.5. The second-order valence-electron chi connectivity index (χ2n) is 5.39. The minimum absolute atomic E-state index is 0.101. The molecule has 3 unspecified atom stereocenters. The highest BCUT2D eigenvalue weighted by atomic mass is 79.9. The molecule has 1 aromatic carbocycles. The van der Waals surface area contributed by atoms with Gasteiger partial charge >= 0.3 is 0 Å². The van der Waals surface area contributed by atoms with Gasteiger partial charge in [-0.25, -0.2) is 0 Å². The SMILES string of the molecule is CC(N)C(C)C(=O)N1CCCC1c1cccc(Br)c1. The Bertz CT molecular complexity index is 461. The van der Waals surface area contributed by atoms with Crippen LogP contribution < -0.4 is 5.73 Å². The molecule has 0 spiro atoms. The summed E-state index contributed by atoms with van der Waals surface area (Å²) in [5, 5.41) is 0. The molecular weight excluding hydrogens is 304 g/mol. The van der Waals surface area contributed by atoms with E-state index < -0.39 is 0 Å². The summed E-state index contributed by atoms with van der Waals surface area (Å²) in [6.07, 6.45) is 2.10. The number of carbonyl (C=O) groups is 1. The van der Waals surface area contributed by atoms with Crippen molar-refractivity contribution < 1.29 is 4.79 Å². The van der Waals surface area contributed by atoms with E-state index in [2.05, 4.69) is 28.1 Å². The lowest BCUT2D eigenvalue weighted by atomic mass is 10.00. The molecule has 1 aliphatic heterocycles. The molecule has 0 bridgehead atoms. The summed E-state index contributed by atoms with van der Waals surface area (Å²) in [5.74, 6) is 0.0604. The highest BCUT2D eigenvalue weighted by Crippen LogP contribution is 2.34. The van der Waals surface area contributed by atoms with E-state index in [1.807, 2.05) is 30.9 Å². The summed E-state index contributed by atoms with van der Waals surface area (Å²) in [6, 6.07) is 8.33. The molecule has 1 aromatic rings. The summed E-state index contributed by atoms with van der Waals surface area (Å²) in [7, 11) is 0. The summed E-state index contributed by atoms with van der Waals surface area (Å²) in [5.41, 5.74) is 7.06. The molecule has 3 atom stereocenters. The summed E-state index contributed by atoms with van der Waals surface area (Å²) in [4.78, 5) is 14.5. The summed E-state index contributed by atoms with van der Waals surface area (Å²) in [6.45, 7) is 4.66. The molecule has 0 aliphatic carbocycles. The topological polar surface area (TPSA) is 46.3 Å². The van der Waals surface area contributed by atoms with E-state index >= 15 is 0 Å². The van der Waals surface area contributed by atoms with Crippen LogP contribution in [0.5, 0.6) is 0 Å². The molecule has 2 rings (SSSR count). The number of rotatable bonds is 3. The number of halogens is 1. The first-order chi connectivity index (χ1) is 9.00. The first-order valence-corrected chi connectivity index (χ1v) is 7.61. The predicted octanol–water partition coefficient (Wildman–Crippen LogP) is 3.10. The quantitative estimate of drug-likeness (QED) is 0.928. The van der Waals surface area contributed by atoms with Gasteiger partial charge in [0.1, 0.15) is 0 Å². The zero-order valence-electron chi connectivity index (χ0n) is 11.5. The Morgan fingerprint density at radius 3 is 2.84 bits per heavy atom. The van der Waals surface area contributed by atoms with E-state index in [0.29, 0.717) is 0 Å². The molecule has 1 fully saturated rings. The third-order valence-electron chi connectivity index (χ3n) is 3.95. The van der Waals surface area contributed by atoms with E-state index in [4.69, 9.17) is 5.73 Å². The van der Waals surface area contributed by atoms with E-state index in [-0.39, 0.29) is 23.9 Å². The molecule has 0 radical (unpaired) electrons. The number of hydrogen-bond acceptors (Lipinski definition) is 2. The van der Waals surface area contributed by atoms with Gasteiger partial charge in [-0.1, -0.05) is 35.0 Å².